The number of carbonyl (C=O) groups excluding carboxylic acids is 1. The fourth-order valence-corrected chi connectivity index (χ4v) is 1.12. The van der Waals surface area contributed by atoms with Crippen LogP contribution in [0.3, 0.4) is 0 Å². The van der Waals surface area contributed by atoms with Crippen LogP contribution in [0.5, 0.6) is 0 Å². The zero-order valence-corrected chi connectivity index (χ0v) is 10.9. The van der Waals surface area contributed by atoms with Crippen LogP contribution in [0.25, 0.3) is 0 Å². The SMILES string of the molecule is CC(C)N(C[C@H](O)CN)C(=O)OC(C)(C)C. The van der Waals surface area contributed by atoms with Crippen molar-refractivity contribution in [3.05, 3.63) is 0 Å². The van der Waals surface area contributed by atoms with Gasteiger partial charge in [-0.2, -0.15) is 0 Å². The summed E-state index contributed by atoms with van der Waals surface area (Å²) in [5.74, 6) is 0. The van der Waals surface area contributed by atoms with Gasteiger partial charge in [0.05, 0.1) is 12.6 Å². The molecule has 0 unspecified atom stereocenters. The predicted molar refractivity (Wildman–Crippen MR) is 63.1 cm³/mol. The van der Waals surface area contributed by atoms with Crippen molar-refractivity contribution in [3.8, 4) is 0 Å². The predicted octanol–water partition coefficient (Wildman–Crippen LogP) is 0.952. The van der Waals surface area contributed by atoms with E-state index in [1.165, 1.54) is 4.90 Å². The first-order chi connectivity index (χ1) is 7.17. The molecule has 1 atom stereocenters. The van der Waals surface area contributed by atoms with E-state index >= 15 is 0 Å². The number of amides is 1. The average molecular weight is 232 g/mol. The molecule has 0 rings (SSSR count). The van der Waals surface area contributed by atoms with Gasteiger partial charge in [0.1, 0.15) is 5.60 Å². The van der Waals surface area contributed by atoms with Crippen LogP contribution in [0.4, 0.5) is 4.79 Å². The fourth-order valence-electron chi connectivity index (χ4n) is 1.12. The van der Waals surface area contributed by atoms with Crippen LogP contribution >= 0.6 is 0 Å². The van der Waals surface area contributed by atoms with Gasteiger partial charge in [0.2, 0.25) is 0 Å². The van der Waals surface area contributed by atoms with Crippen molar-refractivity contribution in [2.24, 2.45) is 5.73 Å². The van der Waals surface area contributed by atoms with E-state index in [0.717, 1.165) is 0 Å². The molecular weight excluding hydrogens is 208 g/mol. The molecule has 3 N–H and O–H groups in total. The van der Waals surface area contributed by atoms with Gasteiger partial charge in [-0.05, 0) is 34.6 Å². The van der Waals surface area contributed by atoms with E-state index in [9.17, 15) is 9.90 Å². The van der Waals surface area contributed by atoms with Crippen molar-refractivity contribution in [2.75, 3.05) is 13.1 Å². The Kier molecular flexibility index (Phi) is 5.75. The topological polar surface area (TPSA) is 75.8 Å². The molecule has 0 fully saturated rings. The number of aliphatic hydroxyl groups is 1. The Morgan fingerprint density at radius 2 is 1.94 bits per heavy atom. The molecule has 0 aliphatic heterocycles. The summed E-state index contributed by atoms with van der Waals surface area (Å²) in [6.07, 6.45) is -1.13. The summed E-state index contributed by atoms with van der Waals surface area (Å²) in [5, 5.41) is 9.45. The minimum Gasteiger partial charge on any atom is -0.444 e. The smallest absolute Gasteiger partial charge is 0.410 e. The van der Waals surface area contributed by atoms with E-state index in [-0.39, 0.29) is 19.1 Å². The van der Waals surface area contributed by atoms with Crippen LogP contribution in [-0.2, 0) is 4.74 Å². The summed E-state index contributed by atoms with van der Waals surface area (Å²) in [5.41, 5.74) is 4.79. The normalized spacial score (nSPS) is 13.8. The Labute approximate surface area is 97.6 Å². The van der Waals surface area contributed by atoms with Crippen molar-refractivity contribution in [2.45, 2.75) is 52.4 Å². The summed E-state index contributed by atoms with van der Waals surface area (Å²) in [7, 11) is 0. The van der Waals surface area contributed by atoms with E-state index in [1.54, 1.807) is 0 Å². The Balaban J connectivity index is 4.48. The number of hydrogen-bond acceptors (Lipinski definition) is 4. The molecule has 96 valence electrons. The molecule has 0 saturated carbocycles. The van der Waals surface area contributed by atoms with Crippen molar-refractivity contribution >= 4 is 6.09 Å². The third-order valence-corrected chi connectivity index (χ3v) is 1.93. The van der Waals surface area contributed by atoms with Crippen molar-refractivity contribution in [1.29, 1.82) is 0 Å². The van der Waals surface area contributed by atoms with Gasteiger partial charge < -0.3 is 20.5 Å². The van der Waals surface area contributed by atoms with Crippen molar-refractivity contribution in [1.82, 2.24) is 4.90 Å². The minimum atomic E-state index is -0.713. The van der Waals surface area contributed by atoms with Gasteiger partial charge in [-0.15, -0.1) is 0 Å². The third-order valence-electron chi connectivity index (χ3n) is 1.93. The van der Waals surface area contributed by atoms with Crippen LogP contribution in [0.1, 0.15) is 34.6 Å². The van der Waals surface area contributed by atoms with E-state index in [1.807, 2.05) is 34.6 Å². The number of hydrogen-bond donors (Lipinski definition) is 2. The Morgan fingerprint density at radius 1 is 1.44 bits per heavy atom. The fraction of sp³-hybridized carbons (Fsp3) is 0.909. The molecule has 16 heavy (non-hydrogen) atoms. The van der Waals surface area contributed by atoms with Gasteiger partial charge in [0, 0.05) is 12.6 Å². The van der Waals surface area contributed by atoms with Crippen LogP contribution in [0, 0.1) is 0 Å². The zero-order chi connectivity index (χ0) is 12.9. The molecule has 1 amide bonds. The van der Waals surface area contributed by atoms with Gasteiger partial charge in [-0.3, -0.25) is 0 Å². The number of ether oxygens (including phenoxy) is 1. The second kappa shape index (κ2) is 6.06. The molecule has 5 heteroatoms. The van der Waals surface area contributed by atoms with Crippen molar-refractivity contribution in [3.63, 3.8) is 0 Å². The quantitative estimate of drug-likeness (QED) is 0.756. The summed E-state index contributed by atoms with van der Waals surface area (Å²) < 4.78 is 5.24. The Bertz CT molecular complexity index is 224. The van der Waals surface area contributed by atoms with Crippen LogP contribution in [-0.4, -0.2) is 46.9 Å². The van der Waals surface area contributed by atoms with E-state index in [2.05, 4.69) is 0 Å². The molecule has 0 radical (unpaired) electrons. The van der Waals surface area contributed by atoms with Gasteiger partial charge in [-0.25, -0.2) is 4.79 Å². The second-order valence-corrected chi connectivity index (χ2v) is 5.12. The standard InChI is InChI=1S/C11H24N2O3/c1-8(2)13(7-9(14)6-12)10(15)16-11(3,4)5/h8-9,14H,6-7,12H2,1-5H3/t9-/m1/s1. The first-order valence-electron chi connectivity index (χ1n) is 5.55. The van der Waals surface area contributed by atoms with E-state index in [0.29, 0.717) is 0 Å². The number of nitrogens with zero attached hydrogens (tertiary/aromatic N) is 1. The van der Waals surface area contributed by atoms with Gasteiger partial charge in [-0.1, -0.05) is 0 Å². The maximum Gasteiger partial charge on any atom is 0.410 e. The molecular formula is C11H24N2O3. The molecule has 0 aliphatic carbocycles. The summed E-state index contributed by atoms with van der Waals surface area (Å²) >= 11 is 0. The molecule has 0 heterocycles. The molecule has 0 bridgehead atoms. The lowest BCUT2D eigenvalue weighted by atomic mass is 10.2. The highest BCUT2D eigenvalue weighted by Gasteiger charge is 2.25. The van der Waals surface area contributed by atoms with Crippen LogP contribution in [0.15, 0.2) is 0 Å². The van der Waals surface area contributed by atoms with Gasteiger partial charge in [0.15, 0.2) is 0 Å². The highest BCUT2D eigenvalue weighted by molar-refractivity contribution is 5.68. The molecule has 0 saturated heterocycles. The number of aliphatic hydroxyl groups excluding tert-OH is 1. The molecule has 5 nitrogen and oxygen atoms in total. The minimum absolute atomic E-state index is 0.0314. The number of nitrogens with two attached hydrogens (primary N) is 1. The number of carbonyl (C=O) groups is 1. The summed E-state index contributed by atoms with van der Waals surface area (Å²) in [6, 6.07) is -0.0314. The molecule has 0 aromatic carbocycles. The maximum atomic E-state index is 11.8. The second-order valence-electron chi connectivity index (χ2n) is 5.12. The first-order valence-corrected chi connectivity index (χ1v) is 5.55. The lowest BCUT2D eigenvalue weighted by molar-refractivity contribution is 0.00838. The maximum absolute atomic E-state index is 11.8. The largest absolute Gasteiger partial charge is 0.444 e. The zero-order valence-electron chi connectivity index (χ0n) is 10.9. The lowest BCUT2D eigenvalue weighted by Gasteiger charge is -2.31. The van der Waals surface area contributed by atoms with Crippen molar-refractivity contribution < 1.29 is 14.6 Å². The van der Waals surface area contributed by atoms with Crippen LogP contribution < -0.4 is 5.73 Å². The summed E-state index contributed by atoms with van der Waals surface area (Å²) in [4.78, 5) is 13.3. The van der Waals surface area contributed by atoms with Gasteiger partial charge >= 0.3 is 6.09 Å². The Morgan fingerprint density at radius 3 is 2.25 bits per heavy atom. The third kappa shape index (κ3) is 5.92. The monoisotopic (exact) mass is 232 g/mol. The van der Waals surface area contributed by atoms with Gasteiger partial charge in [0.25, 0.3) is 0 Å². The average Bonchev–Trinajstić information content (AvgIpc) is 2.09. The highest BCUT2D eigenvalue weighted by atomic mass is 16.6. The highest BCUT2D eigenvalue weighted by Crippen LogP contribution is 2.12. The molecule has 0 aromatic rings. The van der Waals surface area contributed by atoms with E-state index in [4.69, 9.17) is 10.5 Å². The first kappa shape index (κ1) is 15.2. The number of rotatable bonds is 4. The molecule has 0 spiro atoms. The summed E-state index contributed by atoms with van der Waals surface area (Å²) in [6.45, 7) is 9.49. The van der Waals surface area contributed by atoms with Crippen LogP contribution in [0.2, 0.25) is 0 Å². The molecule has 0 aromatic heterocycles. The molecule has 0 aliphatic rings. The lowest BCUT2D eigenvalue weighted by Crippen LogP contribution is -2.46. The van der Waals surface area contributed by atoms with E-state index < -0.39 is 17.8 Å². The Hall–Kier alpha value is -0.810.